The van der Waals surface area contributed by atoms with E-state index in [1.807, 2.05) is 10.9 Å². The normalized spacial score (nSPS) is 14.5. The highest BCUT2D eigenvalue weighted by Crippen LogP contribution is 2.11. The lowest BCUT2D eigenvalue weighted by atomic mass is 9.98. The average Bonchev–Trinajstić information content (AvgIpc) is 2.59. The van der Waals surface area contributed by atoms with Crippen LogP contribution in [0, 0.1) is 11.3 Å². The Labute approximate surface area is 98.2 Å². The van der Waals surface area contributed by atoms with Gasteiger partial charge in [-0.15, -0.1) is 0 Å². The molecule has 0 fully saturated rings. The minimum atomic E-state index is -0.690. The van der Waals surface area contributed by atoms with E-state index in [0.717, 1.165) is 30.3 Å². The fourth-order valence-electron chi connectivity index (χ4n) is 1.28. The number of unbranched alkanes of at least 4 members (excludes halogenated alkanes) is 1. The van der Waals surface area contributed by atoms with Gasteiger partial charge in [-0.1, -0.05) is 0 Å². The van der Waals surface area contributed by atoms with E-state index in [0.29, 0.717) is 0 Å². The van der Waals surface area contributed by atoms with Gasteiger partial charge in [0, 0.05) is 12.7 Å². The van der Waals surface area contributed by atoms with Gasteiger partial charge in [-0.2, -0.15) is 10.4 Å². The van der Waals surface area contributed by atoms with E-state index in [1.54, 1.807) is 13.1 Å². The molecule has 2 N–H and O–H groups in total. The smallest absolute Gasteiger partial charge is 0.101 e. The molecule has 0 aliphatic heterocycles. The molecule has 1 atom stereocenters. The molecule has 0 spiro atoms. The minimum absolute atomic E-state index is 0.690. The summed E-state index contributed by atoms with van der Waals surface area (Å²) in [7, 11) is 0. The summed E-state index contributed by atoms with van der Waals surface area (Å²) in [6, 6.07) is 2.09. The van der Waals surface area contributed by atoms with Gasteiger partial charge in [-0.05, 0) is 42.1 Å². The molecular weight excluding hydrogens is 256 g/mol. The fraction of sp³-hybridized carbons (Fsp3) is 0.600. The summed E-state index contributed by atoms with van der Waals surface area (Å²) in [6.45, 7) is 2.63. The zero-order valence-electron chi connectivity index (χ0n) is 8.78. The van der Waals surface area contributed by atoms with Crippen LogP contribution >= 0.6 is 15.9 Å². The zero-order valence-corrected chi connectivity index (χ0v) is 10.4. The van der Waals surface area contributed by atoms with Crippen LogP contribution in [0.1, 0.15) is 26.2 Å². The molecule has 0 radical (unpaired) electrons. The third kappa shape index (κ3) is 4.45. The van der Waals surface area contributed by atoms with Gasteiger partial charge < -0.3 is 5.73 Å². The van der Waals surface area contributed by atoms with Gasteiger partial charge in [0.05, 0.1) is 16.7 Å². The third-order valence-electron chi connectivity index (χ3n) is 2.19. The van der Waals surface area contributed by atoms with Crippen molar-refractivity contribution in [2.24, 2.45) is 5.73 Å². The Morgan fingerprint density at radius 3 is 2.93 bits per heavy atom. The zero-order chi connectivity index (χ0) is 11.3. The number of hydrogen-bond donors (Lipinski definition) is 1. The van der Waals surface area contributed by atoms with Crippen molar-refractivity contribution in [1.82, 2.24) is 9.78 Å². The van der Waals surface area contributed by atoms with Crippen molar-refractivity contribution in [1.29, 1.82) is 5.26 Å². The molecule has 5 heteroatoms. The predicted molar refractivity (Wildman–Crippen MR) is 62.0 cm³/mol. The van der Waals surface area contributed by atoms with Gasteiger partial charge >= 0.3 is 0 Å². The molecular formula is C10H15BrN4. The first-order chi connectivity index (χ1) is 7.03. The molecule has 1 rings (SSSR count). The van der Waals surface area contributed by atoms with Gasteiger partial charge in [0.1, 0.15) is 5.54 Å². The molecule has 0 bridgehead atoms. The Morgan fingerprint density at radius 1 is 1.67 bits per heavy atom. The number of aromatic nitrogens is 2. The number of nitriles is 1. The predicted octanol–water partition coefficient (Wildman–Crippen LogP) is 2.06. The Kier molecular flexibility index (Phi) is 4.30. The van der Waals surface area contributed by atoms with E-state index in [4.69, 9.17) is 11.0 Å². The van der Waals surface area contributed by atoms with Crippen LogP contribution in [-0.4, -0.2) is 15.3 Å². The second kappa shape index (κ2) is 5.29. The maximum Gasteiger partial charge on any atom is 0.101 e. The van der Waals surface area contributed by atoms with E-state index >= 15 is 0 Å². The number of aryl methyl sites for hydroxylation is 1. The SMILES string of the molecule is CC(N)(C#N)CCCCn1cc(Br)cn1. The van der Waals surface area contributed by atoms with E-state index in [9.17, 15) is 0 Å². The van der Waals surface area contributed by atoms with Gasteiger partial charge in [-0.3, -0.25) is 4.68 Å². The van der Waals surface area contributed by atoms with Crippen LogP contribution < -0.4 is 5.73 Å². The first-order valence-electron chi connectivity index (χ1n) is 4.91. The molecule has 0 aromatic carbocycles. The van der Waals surface area contributed by atoms with Crippen molar-refractivity contribution in [3.05, 3.63) is 16.9 Å². The highest BCUT2D eigenvalue weighted by molar-refractivity contribution is 9.10. The summed E-state index contributed by atoms with van der Waals surface area (Å²) in [5.74, 6) is 0. The number of nitrogens with two attached hydrogens (primary N) is 1. The molecule has 1 aromatic rings. The van der Waals surface area contributed by atoms with Crippen molar-refractivity contribution in [3.63, 3.8) is 0 Å². The van der Waals surface area contributed by atoms with Crippen LogP contribution in [0.5, 0.6) is 0 Å². The van der Waals surface area contributed by atoms with E-state index in [2.05, 4.69) is 27.1 Å². The lowest BCUT2D eigenvalue weighted by Gasteiger charge is -2.14. The van der Waals surface area contributed by atoms with Crippen LogP contribution in [-0.2, 0) is 6.54 Å². The Bertz CT molecular complexity index is 351. The highest BCUT2D eigenvalue weighted by atomic mass is 79.9. The third-order valence-corrected chi connectivity index (χ3v) is 2.60. The fourth-order valence-corrected chi connectivity index (χ4v) is 1.61. The van der Waals surface area contributed by atoms with Crippen molar-refractivity contribution < 1.29 is 0 Å². The molecule has 0 saturated carbocycles. The van der Waals surface area contributed by atoms with Gasteiger partial charge in [0.15, 0.2) is 0 Å². The molecule has 0 aliphatic rings. The van der Waals surface area contributed by atoms with Crippen LogP contribution in [0.2, 0.25) is 0 Å². The summed E-state index contributed by atoms with van der Waals surface area (Å²) >= 11 is 3.34. The largest absolute Gasteiger partial charge is 0.314 e. The minimum Gasteiger partial charge on any atom is -0.314 e. The number of halogens is 1. The molecule has 1 aromatic heterocycles. The summed E-state index contributed by atoms with van der Waals surface area (Å²) in [5.41, 5.74) is 5.02. The Morgan fingerprint density at radius 2 is 2.40 bits per heavy atom. The van der Waals surface area contributed by atoms with Gasteiger partial charge in [0.25, 0.3) is 0 Å². The number of hydrogen-bond acceptors (Lipinski definition) is 3. The monoisotopic (exact) mass is 270 g/mol. The summed E-state index contributed by atoms with van der Waals surface area (Å²) in [5, 5.41) is 12.9. The number of nitrogens with zero attached hydrogens (tertiary/aromatic N) is 3. The van der Waals surface area contributed by atoms with Gasteiger partial charge in [-0.25, -0.2) is 0 Å². The molecule has 15 heavy (non-hydrogen) atoms. The van der Waals surface area contributed by atoms with Crippen molar-refractivity contribution in [2.75, 3.05) is 0 Å². The lowest BCUT2D eigenvalue weighted by molar-refractivity contribution is 0.475. The van der Waals surface area contributed by atoms with Crippen LogP contribution in [0.25, 0.3) is 0 Å². The lowest BCUT2D eigenvalue weighted by Crippen LogP contribution is -2.33. The maximum absolute atomic E-state index is 8.71. The summed E-state index contributed by atoms with van der Waals surface area (Å²) in [6.07, 6.45) is 6.36. The molecule has 0 saturated heterocycles. The van der Waals surface area contributed by atoms with Crippen LogP contribution in [0.15, 0.2) is 16.9 Å². The quantitative estimate of drug-likeness (QED) is 0.833. The molecule has 4 nitrogen and oxygen atoms in total. The maximum atomic E-state index is 8.71. The standard InChI is InChI=1S/C10H15BrN4/c1-10(13,8-12)4-2-3-5-15-7-9(11)6-14-15/h6-7H,2-5,13H2,1H3. The first-order valence-corrected chi connectivity index (χ1v) is 5.71. The van der Waals surface area contributed by atoms with E-state index in [-0.39, 0.29) is 0 Å². The van der Waals surface area contributed by atoms with Crippen LogP contribution in [0.3, 0.4) is 0 Å². The topological polar surface area (TPSA) is 67.6 Å². The van der Waals surface area contributed by atoms with Gasteiger partial charge in [0.2, 0.25) is 0 Å². The molecule has 0 amide bonds. The number of rotatable bonds is 5. The Hall–Kier alpha value is -0.860. The summed E-state index contributed by atoms with van der Waals surface area (Å²) in [4.78, 5) is 0. The molecule has 0 aliphatic carbocycles. The second-order valence-electron chi connectivity index (χ2n) is 3.91. The van der Waals surface area contributed by atoms with Crippen molar-refractivity contribution in [3.8, 4) is 6.07 Å². The molecule has 1 heterocycles. The molecule has 82 valence electrons. The van der Waals surface area contributed by atoms with E-state index < -0.39 is 5.54 Å². The average molecular weight is 271 g/mol. The Balaban J connectivity index is 2.21. The molecule has 1 unspecified atom stereocenters. The highest BCUT2D eigenvalue weighted by Gasteiger charge is 2.15. The first kappa shape index (κ1) is 12.2. The summed E-state index contributed by atoms with van der Waals surface area (Å²) < 4.78 is 2.87. The van der Waals surface area contributed by atoms with Crippen LogP contribution in [0.4, 0.5) is 0 Å². The van der Waals surface area contributed by atoms with Crippen molar-refractivity contribution in [2.45, 2.75) is 38.3 Å². The van der Waals surface area contributed by atoms with E-state index in [1.165, 1.54) is 0 Å². The second-order valence-corrected chi connectivity index (χ2v) is 4.82. The van der Waals surface area contributed by atoms with Crippen molar-refractivity contribution >= 4 is 15.9 Å².